The number of aliphatic hydroxyl groups is 2. The van der Waals surface area contributed by atoms with Gasteiger partial charge in [0.25, 0.3) is 0 Å². The molecule has 174 valence electrons. The Kier molecular flexibility index (Phi) is 8.21. The Bertz CT molecular complexity index is 1040. The molecule has 3 rings (SSSR count). The molecular formula is C22H28ClN3O5S. The van der Waals surface area contributed by atoms with E-state index < -0.39 is 15.9 Å². The lowest BCUT2D eigenvalue weighted by atomic mass is 10.0. The second kappa shape index (κ2) is 10.7. The van der Waals surface area contributed by atoms with Crippen molar-refractivity contribution in [1.29, 1.82) is 0 Å². The number of aliphatic hydroxyl groups excluding tert-OH is 2. The third kappa shape index (κ3) is 6.25. The van der Waals surface area contributed by atoms with Gasteiger partial charge in [0, 0.05) is 19.1 Å². The van der Waals surface area contributed by atoms with Crippen LogP contribution in [-0.4, -0.2) is 53.5 Å². The Balaban J connectivity index is 1.90. The highest BCUT2D eigenvalue weighted by atomic mass is 35.5. The summed E-state index contributed by atoms with van der Waals surface area (Å²) in [5.74, 6) is 0.620. The summed E-state index contributed by atoms with van der Waals surface area (Å²) in [7, 11) is -3.51. The number of carbonyl (C=O) groups excluding carboxylic acids is 1. The lowest BCUT2D eigenvalue weighted by Gasteiger charge is -2.23. The lowest BCUT2D eigenvalue weighted by Crippen LogP contribution is -2.27. The van der Waals surface area contributed by atoms with Gasteiger partial charge in [-0.15, -0.1) is 0 Å². The molecule has 1 heterocycles. The molecule has 0 saturated heterocycles. The molecule has 1 aromatic heterocycles. The zero-order chi connectivity index (χ0) is 23.3. The molecule has 1 fully saturated rings. The van der Waals surface area contributed by atoms with Crippen LogP contribution in [0, 0.1) is 5.92 Å². The molecule has 32 heavy (non-hydrogen) atoms. The number of benzene rings is 1. The van der Waals surface area contributed by atoms with Crippen molar-refractivity contribution in [2.24, 2.45) is 5.92 Å². The van der Waals surface area contributed by atoms with Gasteiger partial charge < -0.3 is 10.2 Å². The maximum absolute atomic E-state index is 13.2. The van der Waals surface area contributed by atoms with Crippen LogP contribution in [-0.2, 0) is 21.1 Å². The molecule has 1 aromatic carbocycles. The minimum absolute atomic E-state index is 0.0132. The van der Waals surface area contributed by atoms with Crippen LogP contribution in [0.2, 0.25) is 5.02 Å². The van der Waals surface area contributed by atoms with Crippen LogP contribution in [0.5, 0.6) is 0 Å². The second-order valence-corrected chi connectivity index (χ2v) is 10.6. The number of rotatable bonds is 9. The first-order valence-electron chi connectivity index (χ1n) is 10.6. The van der Waals surface area contributed by atoms with E-state index in [1.54, 1.807) is 0 Å². The summed E-state index contributed by atoms with van der Waals surface area (Å²) in [6.07, 6.45) is 8.87. The van der Waals surface area contributed by atoms with Crippen LogP contribution >= 0.6 is 11.6 Å². The summed E-state index contributed by atoms with van der Waals surface area (Å²) >= 11 is 6.22. The fraction of sp³-hybridized carbons (Fsp3) is 0.500. The minimum atomic E-state index is -3.51. The molecule has 1 atom stereocenters. The molecule has 1 aliphatic carbocycles. The molecule has 10 heteroatoms. The van der Waals surface area contributed by atoms with Crippen molar-refractivity contribution >= 4 is 38.9 Å². The molecule has 0 bridgehead atoms. The maximum Gasteiger partial charge on any atom is 0.232 e. The zero-order valence-corrected chi connectivity index (χ0v) is 19.5. The van der Waals surface area contributed by atoms with Gasteiger partial charge in [0.2, 0.25) is 5.91 Å². The number of amides is 1. The quantitative estimate of drug-likeness (QED) is 0.564. The highest BCUT2D eigenvalue weighted by Gasteiger charge is 2.24. The molecule has 0 aliphatic heterocycles. The number of halogens is 1. The number of anilines is 2. The lowest BCUT2D eigenvalue weighted by molar-refractivity contribution is -0.118. The standard InChI is InChI=1S/C22H28ClN3O5S/c1-32(30,31)20-8-7-17(11-19(20)23)26(22(29)9-6-15-4-2-3-5-15)21-13-24-16(12-25-21)10-18(28)14-27/h7-8,11-13,15,18,27-28H,2-6,9-10,14H2,1H3/t18-/m1/s1. The van der Waals surface area contributed by atoms with Crippen molar-refractivity contribution in [1.82, 2.24) is 9.97 Å². The highest BCUT2D eigenvalue weighted by Crippen LogP contribution is 2.33. The van der Waals surface area contributed by atoms with Crippen LogP contribution < -0.4 is 4.90 Å². The van der Waals surface area contributed by atoms with Crippen LogP contribution in [0.1, 0.15) is 44.2 Å². The molecule has 0 radical (unpaired) electrons. The summed E-state index contributed by atoms with van der Waals surface area (Å²) in [6.45, 7) is -0.388. The zero-order valence-electron chi connectivity index (χ0n) is 17.9. The molecule has 8 nitrogen and oxygen atoms in total. The van der Waals surface area contributed by atoms with Gasteiger partial charge in [-0.3, -0.25) is 14.7 Å². The monoisotopic (exact) mass is 481 g/mol. The number of nitrogens with zero attached hydrogens (tertiary/aromatic N) is 3. The van der Waals surface area contributed by atoms with E-state index in [-0.39, 0.29) is 34.7 Å². The summed E-state index contributed by atoms with van der Waals surface area (Å²) < 4.78 is 23.8. The molecule has 0 unspecified atom stereocenters. The minimum Gasteiger partial charge on any atom is -0.394 e. The molecule has 0 spiro atoms. The molecule has 2 N–H and O–H groups in total. The van der Waals surface area contributed by atoms with Crippen LogP contribution in [0.3, 0.4) is 0 Å². The SMILES string of the molecule is CS(=O)(=O)c1ccc(N(C(=O)CCC2CCCC2)c2cnc(C[C@@H](O)CO)cn2)cc1Cl. The first-order chi connectivity index (χ1) is 15.2. The van der Waals surface area contributed by atoms with Crippen molar-refractivity contribution in [2.45, 2.75) is 55.9 Å². The predicted octanol–water partition coefficient (Wildman–Crippen LogP) is 3.06. The molecule has 1 saturated carbocycles. The van der Waals surface area contributed by atoms with Gasteiger partial charge in [-0.05, 0) is 30.5 Å². The van der Waals surface area contributed by atoms with Crippen LogP contribution in [0.15, 0.2) is 35.5 Å². The third-order valence-corrected chi connectivity index (χ3v) is 7.22. The number of sulfone groups is 1. The molecular weight excluding hydrogens is 454 g/mol. The summed E-state index contributed by atoms with van der Waals surface area (Å²) in [5.41, 5.74) is 0.871. The maximum atomic E-state index is 13.2. The average molecular weight is 482 g/mol. The van der Waals surface area contributed by atoms with Gasteiger partial charge in [-0.25, -0.2) is 13.4 Å². The van der Waals surface area contributed by atoms with Gasteiger partial charge >= 0.3 is 0 Å². The van der Waals surface area contributed by atoms with Crippen molar-refractivity contribution in [3.05, 3.63) is 41.3 Å². The largest absolute Gasteiger partial charge is 0.394 e. The first kappa shape index (κ1) is 24.6. The summed E-state index contributed by atoms with van der Waals surface area (Å²) in [4.78, 5) is 23.2. The van der Waals surface area contributed by atoms with E-state index in [1.165, 1.54) is 48.3 Å². The van der Waals surface area contributed by atoms with Gasteiger partial charge in [0.15, 0.2) is 15.7 Å². The van der Waals surface area contributed by atoms with Gasteiger partial charge in [-0.2, -0.15) is 0 Å². The van der Waals surface area contributed by atoms with Gasteiger partial charge in [0.05, 0.1) is 46.4 Å². The Morgan fingerprint density at radius 2 is 1.97 bits per heavy atom. The van der Waals surface area contributed by atoms with Crippen molar-refractivity contribution in [2.75, 3.05) is 17.8 Å². The van der Waals surface area contributed by atoms with E-state index in [0.717, 1.165) is 25.5 Å². The Morgan fingerprint density at radius 1 is 1.25 bits per heavy atom. The molecule has 1 aliphatic rings. The Labute approximate surface area is 193 Å². The number of hydrogen-bond acceptors (Lipinski definition) is 7. The average Bonchev–Trinajstić information content (AvgIpc) is 3.26. The number of aromatic nitrogens is 2. The normalized spacial score (nSPS) is 15.6. The van der Waals surface area contributed by atoms with Gasteiger partial charge in [-0.1, -0.05) is 37.3 Å². The molecule has 2 aromatic rings. The predicted molar refractivity (Wildman–Crippen MR) is 122 cm³/mol. The summed E-state index contributed by atoms with van der Waals surface area (Å²) in [6, 6.07) is 4.35. The number of hydrogen-bond donors (Lipinski definition) is 2. The fourth-order valence-electron chi connectivity index (χ4n) is 3.95. The Hall–Kier alpha value is -2.07. The highest BCUT2D eigenvalue weighted by molar-refractivity contribution is 7.90. The van der Waals surface area contributed by atoms with Gasteiger partial charge in [0.1, 0.15) is 0 Å². The van der Waals surface area contributed by atoms with Crippen LogP contribution in [0.4, 0.5) is 11.5 Å². The smallest absolute Gasteiger partial charge is 0.232 e. The van der Waals surface area contributed by atoms with E-state index in [1.807, 2.05) is 0 Å². The van der Waals surface area contributed by atoms with E-state index in [0.29, 0.717) is 23.7 Å². The molecule has 1 amide bonds. The van der Waals surface area contributed by atoms with E-state index >= 15 is 0 Å². The van der Waals surface area contributed by atoms with E-state index in [4.69, 9.17) is 16.7 Å². The van der Waals surface area contributed by atoms with Crippen LogP contribution in [0.25, 0.3) is 0 Å². The van der Waals surface area contributed by atoms with E-state index in [2.05, 4.69) is 9.97 Å². The van der Waals surface area contributed by atoms with E-state index in [9.17, 15) is 18.3 Å². The first-order valence-corrected chi connectivity index (χ1v) is 12.9. The third-order valence-electron chi connectivity index (χ3n) is 5.64. The fourth-order valence-corrected chi connectivity index (χ4v) is 5.27. The van der Waals surface area contributed by atoms with Crippen molar-refractivity contribution in [3.8, 4) is 0 Å². The van der Waals surface area contributed by atoms with Crippen molar-refractivity contribution in [3.63, 3.8) is 0 Å². The second-order valence-electron chi connectivity index (χ2n) is 8.21. The summed E-state index contributed by atoms with van der Waals surface area (Å²) in [5, 5.41) is 18.6. The number of carbonyl (C=O) groups is 1. The Morgan fingerprint density at radius 3 is 2.53 bits per heavy atom. The topological polar surface area (TPSA) is 121 Å². The van der Waals surface area contributed by atoms with Crippen molar-refractivity contribution < 1.29 is 23.4 Å².